The molecule has 0 aliphatic carbocycles. The summed E-state index contributed by atoms with van der Waals surface area (Å²) in [7, 11) is 0.0434. The number of aromatic nitrogens is 1. The van der Waals surface area contributed by atoms with Crippen molar-refractivity contribution < 1.29 is 17.9 Å². The quantitative estimate of drug-likeness (QED) is 0.750. The number of anilines is 1. The van der Waals surface area contributed by atoms with E-state index in [2.05, 4.69) is 15.2 Å². The van der Waals surface area contributed by atoms with Crippen LogP contribution in [0.2, 0.25) is 0 Å². The van der Waals surface area contributed by atoms with Crippen molar-refractivity contribution in [3.05, 3.63) is 18.3 Å². The van der Waals surface area contributed by atoms with Crippen molar-refractivity contribution in [2.75, 3.05) is 71.8 Å². The second kappa shape index (κ2) is 8.38. The van der Waals surface area contributed by atoms with E-state index in [1.165, 1.54) is 21.9 Å². The molecule has 3 rings (SSSR count). The van der Waals surface area contributed by atoms with Crippen LogP contribution in [0.3, 0.4) is 0 Å². The molecule has 2 aliphatic rings. The topological polar surface area (TPSA) is 98.3 Å². The maximum absolute atomic E-state index is 12.8. The van der Waals surface area contributed by atoms with E-state index in [1.807, 2.05) is 7.05 Å². The summed E-state index contributed by atoms with van der Waals surface area (Å²) in [5, 5.41) is 2.77. The van der Waals surface area contributed by atoms with Gasteiger partial charge in [-0.2, -0.15) is 17.0 Å². The van der Waals surface area contributed by atoms with Crippen LogP contribution in [0.25, 0.3) is 0 Å². The van der Waals surface area contributed by atoms with Gasteiger partial charge in [-0.3, -0.25) is 0 Å². The summed E-state index contributed by atoms with van der Waals surface area (Å²) >= 11 is 0. The SMILES string of the molecule is COc1ccc(NC(=O)N2CCN(S(=O)(=O)N3CCN(C)CC3)CC2)cn1. The number of carbonyl (C=O) groups is 1. The third-order valence-corrected chi connectivity index (χ3v) is 6.87. The second-order valence-corrected chi connectivity index (χ2v) is 8.54. The number of pyridine rings is 1. The fraction of sp³-hybridized carbons (Fsp3) is 0.625. The molecule has 1 aromatic heterocycles. The highest BCUT2D eigenvalue weighted by Gasteiger charge is 2.34. The Morgan fingerprint density at radius 3 is 2.15 bits per heavy atom. The molecule has 1 N–H and O–H groups in total. The number of methoxy groups -OCH3 is 1. The molecule has 3 heterocycles. The zero-order chi connectivity index (χ0) is 19.4. The van der Waals surface area contributed by atoms with E-state index in [0.29, 0.717) is 50.8 Å². The maximum Gasteiger partial charge on any atom is 0.321 e. The Hall–Kier alpha value is -1.95. The minimum atomic E-state index is -3.47. The number of urea groups is 1. The Balaban J connectivity index is 1.52. The lowest BCUT2D eigenvalue weighted by molar-refractivity contribution is 0.173. The van der Waals surface area contributed by atoms with Crippen LogP contribution in [0.1, 0.15) is 0 Å². The summed E-state index contributed by atoms with van der Waals surface area (Å²) in [6, 6.07) is 3.10. The summed E-state index contributed by atoms with van der Waals surface area (Å²) in [5.74, 6) is 0.468. The first-order valence-electron chi connectivity index (χ1n) is 8.90. The first-order chi connectivity index (χ1) is 12.9. The van der Waals surface area contributed by atoms with Crippen LogP contribution in [0.5, 0.6) is 5.88 Å². The van der Waals surface area contributed by atoms with Crippen molar-refractivity contribution >= 4 is 21.9 Å². The van der Waals surface area contributed by atoms with E-state index in [-0.39, 0.29) is 6.03 Å². The van der Waals surface area contributed by atoms with Gasteiger partial charge in [0, 0.05) is 58.4 Å². The molecule has 0 atom stereocenters. The summed E-state index contributed by atoms with van der Waals surface area (Å²) < 4.78 is 33.5. The standard InChI is InChI=1S/C16H26N6O4S/c1-19-5-9-21(10-6-19)27(24,25)22-11-7-20(8-12-22)16(23)18-14-3-4-15(26-2)17-13-14/h3-4,13H,5-12H2,1-2H3,(H,18,23). The molecule has 0 saturated carbocycles. The number of piperazine rings is 2. The molecule has 10 nitrogen and oxygen atoms in total. The summed E-state index contributed by atoms with van der Waals surface area (Å²) in [6.07, 6.45) is 1.52. The van der Waals surface area contributed by atoms with Gasteiger partial charge in [-0.1, -0.05) is 0 Å². The number of ether oxygens (including phenoxy) is 1. The number of nitrogens with one attached hydrogen (secondary N) is 1. The van der Waals surface area contributed by atoms with Gasteiger partial charge in [-0.05, 0) is 13.1 Å². The first-order valence-corrected chi connectivity index (χ1v) is 10.3. The summed E-state index contributed by atoms with van der Waals surface area (Å²) in [5.41, 5.74) is 0.563. The molecule has 0 aromatic carbocycles. The Morgan fingerprint density at radius 2 is 1.63 bits per heavy atom. The van der Waals surface area contributed by atoms with Gasteiger partial charge in [-0.25, -0.2) is 9.78 Å². The molecule has 150 valence electrons. The molecule has 27 heavy (non-hydrogen) atoms. The van der Waals surface area contributed by atoms with E-state index in [4.69, 9.17) is 4.74 Å². The minimum Gasteiger partial charge on any atom is -0.481 e. The van der Waals surface area contributed by atoms with E-state index >= 15 is 0 Å². The van der Waals surface area contributed by atoms with Crippen LogP contribution in [-0.4, -0.2) is 104 Å². The molecule has 0 spiro atoms. The van der Waals surface area contributed by atoms with Crippen molar-refractivity contribution in [3.63, 3.8) is 0 Å². The fourth-order valence-electron chi connectivity index (χ4n) is 3.08. The monoisotopic (exact) mass is 398 g/mol. The average Bonchev–Trinajstić information content (AvgIpc) is 2.69. The predicted octanol–water partition coefficient (Wildman–Crippen LogP) is -0.268. The Kier molecular flexibility index (Phi) is 6.15. The van der Waals surface area contributed by atoms with Gasteiger partial charge in [0.2, 0.25) is 5.88 Å². The van der Waals surface area contributed by atoms with Crippen LogP contribution in [0.15, 0.2) is 18.3 Å². The highest BCUT2D eigenvalue weighted by atomic mass is 32.2. The van der Waals surface area contributed by atoms with Gasteiger partial charge in [0.15, 0.2) is 0 Å². The molecule has 0 unspecified atom stereocenters. The van der Waals surface area contributed by atoms with Crippen LogP contribution < -0.4 is 10.1 Å². The lowest BCUT2D eigenvalue weighted by atomic mass is 10.4. The summed E-state index contributed by atoms with van der Waals surface area (Å²) in [4.78, 5) is 20.2. The van der Waals surface area contributed by atoms with Crippen LogP contribution in [-0.2, 0) is 10.2 Å². The number of nitrogens with zero attached hydrogens (tertiary/aromatic N) is 5. The molecule has 1 aromatic rings. The fourth-order valence-corrected chi connectivity index (χ4v) is 4.66. The van der Waals surface area contributed by atoms with Crippen molar-refractivity contribution in [2.24, 2.45) is 0 Å². The largest absolute Gasteiger partial charge is 0.481 e. The van der Waals surface area contributed by atoms with E-state index in [0.717, 1.165) is 13.1 Å². The third-order valence-electron chi connectivity index (χ3n) is 4.84. The predicted molar refractivity (Wildman–Crippen MR) is 101 cm³/mol. The highest BCUT2D eigenvalue weighted by molar-refractivity contribution is 7.86. The Labute approximate surface area is 159 Å². The third kappa shape index (κ3) is 4.67. The number of amides is 2. The van der Waals surface area contributed by atoms with Gasteiger partial charge >= 0.3 is 6.03 Å². The van der Waals surface area contributed by atoms with Crippen LogP contribution in [0, 0.1) is 0 Å². The highest BCUT2D eigenvalue weighted by Crippen LogP contribution is 2.16. The Morgan fingerprint density at radius 1 is 1.04 bits per heavy atom. The molecular weight excluding hydrogens is 372 g/mol. The smallest absolute Gasteiger partial charge is 0.321 e. The van der Waals surface area contributed by atoms with Gasteiger partial charge < -0.3 is 19.9 Å². The van der Waals surface area contributed by atoms with Crippen molar-refractivity contribution in [3.8, 4) is 5.88 Å². The molecule has 2 aliphatic heterocycles. The molecule has 2 amide bonds. The number of likely N-dealkylation sites (N-methyl/N-ethyl adjacent to an activating group) is 1. The number of carbonyl (C=O) groups excluding carboxylic acids is 1. The van der Waals surface area contributed by atoms with E-state index in [9.17, 15) is 13.2 Å². The van der Waals surface area contributed by atoms with Gasteiger partial charge in [0.25, 0.3) is 10.2 Å². The van der Waals surface area contributed by atoms with Crippen molar-refractivity contribution in [1.82, 2.24) is 23.4 Å². The normalized spacial score (nSPS) is 20.4. The molecule has 0 radical (unpaired) electrons. The molecule has 0 bridgehead atoms. The molecule has 2 saturated heterocycles. The zero-order valence-electron chi connectivity index (χ0n) is 15.7. The lowest BCUT2D eigenvalue weighted by Crippen LogP contribution is -2.57. The van der Waals surface area contributed by atoms with Crippen LogP contribution in [0.4, 0.5) is 10.5 Å². The maximum atomic E-state index is 12.8. The zero-order valence-corrected chi connectivity index (χ0v) is 16.5. The van der Waals surface area contributed by atoms with Gasteiger partial charge in [0.05, 0.1) is 19.0 Å². The second-order valence-electron chi connectivity index (χ2n) is 6.62. The number of hydrogen-bond donors (Lipinski definition) is 1. The first kappa shape index (κ1) is 19.8. The van der Waals surface area contributed by atoms with E-state index in [1.54, 1.807) is 17.0 Å². The minimum absolute atomic E-state index is 0.265. The molecular formula is C16H26N6O4S. The van der Waals surface area contributed by atoms with Gasteiger partial charge in [0.1, 0.15) is 0 Å². The van der Waals surface area contributed by atoms with Crippen molar-refractivity contribution in [2.45, 2.75) is 0 Å². The van der Waals surface area contributed by atoms with E-state index < -0.39 is 10.2 Å². The summed E-state index contributed by atoms with van der Waals surface area (Å²) in [6.45, 7) is 3.76. The van der Waals surface area contributed by atoms with Crippen molar-refractivity contribution in [1.29, 1.82) is 0 Å². The molecule has 11 heteroatoms. The number of rotatable bonds is 4. The van der Waals surface area contributed by atoms with Crippen LogP contribution >= 0.6 is 0 Å². The number of hydrogen-bond acceptors (Lipinski definition) is 6. The average molecular weight is 398 g/mol. The molecule has 2 fully saturated rings. The van der Waals surface area contributed by atoms with Gasteiger partial charge in [-0.15, -0.1) is 0 Å². The lowest BCUT2D eigenvalue weighted by Gasteiger charge is -2.39. The Bertz CT molecular complexity index is 741.